The van der Waals surface area contributed by atoms with Crippen LogP contribution in [0.25, 0.3) is 10.2 Å². The van der Waals surface area contributed by atoms with E-state index in [1.807, 2.05) is 0 Å². The van der Waals surface area contributed by atoms with Gasteiger partial charge in [0.15, 0.2) is 0 Å². The van der Waals surface area contributed by atoms with Crippen molar-refractivity contribution in [2.45, 2.75) is 63.9 Å². The molecule has 0 N–H and O–H groups in total. The predicted octanol–water partition coefficient (Wildman–Crippen LogP) is 5.86. The van der Waals surface area contributed by atoms with Gasteiger partial charge in [0.05, 0.1) is 15.6 Å². The van der Waals surface area contributed by atoms with Gasteiger partial charge in [-0.1, -0.05) is 42.4 Å². The van der Waals surface area contributed by atoms with Crippen LogP contribution in [0.3, 0.4) is 0 Å². The number of aryl methyl sites for hydroxylation is 2. The van der Waals surface area contributed by atoms with E-state index in [2.05, 4.69) is 48.4 Å². The number of thiazole rings is 1. The fourth-order valence-corrected chi connectivity index (χ4v) is 7.01. The van der Waals surface area contributed by atoms with Crippen molar-refractivity contribution in [3.63, 3.8) is 0 Å². The lowest BCUT2D eigenvalue weighted by molar-refractivity contribution is -0.139. The molecule has 30 heavy (non-hydrogen) atoms. The van der Waals surface area contributed by atoms with E-state index in [1.54, 1.807) is 22.7 Å². The molecule has 1 saturated carbocycles. The van der Waals surface area contributed by atoms with Gasteiger partial charge < -0.3 is 9.64 Å². The van der Waals surface area contributed by atoms with Crippen molar-refractivity contribution < 1.29 is 9.53 Å². The van der Waals surface area contributed by atoms with E-state index in [9.17, 15) is 4.79 Å². The second kappa shape index (κ2) is 7.97. The number of thiophene rings is 1. The number of rotatable bonds is 4. The van der Waals surface area contributed by atoms with Crippen LogP contribution in [0.5, 0.6) is 5.19 Å². The van der Waals surface area contributed by atoms with Crippen LogP contribution in [0.1, 0.15) is 54.5 Å². The number of ether oxygens (including phenoxy) is 1. The van der Waals surface area contributed by atoms with Crippen molar-refractivity contribution in [1.82, 2.24) is 9.88 Å². The van der Waals surface area contributed by atoms with Gasteiger partial charge >= 0.3 is 0 Å². The summed E-state index contributed by atoms with van der Waals surface area (Å²) in [6.45, 7) is 5.78. The van der Waals surface area contributed by atoms with Gasteiger partial charge in [-0.2, -0.15) is 0 Å². The number of carbonyl (C=O) groups excluding carboxylic acids is 1. The molecular weight excluding hydrogens is 412 g/mol. The first-order valence-corrected chi connectivity index (χ1v) is 12.6. The zero-order valence-electron chi connectivity index (χ0n) is 17.6. The normalized spacial score (nSPS) is 19.5. The topological polar surface area (TPSA) is 42.4 Å². The van der Waals surface area contributed by atoms with Crippen molar-refractivity contribution in [3.8, 4) is 5.19 Å². The van der Waals surface area contributed by atoms with Crippen molar-refractivity contribution in [3.05, 3.63) is 45.6 Å². The van der Waals surface area contributed by atoms with E-state index >= 15 is 0 Å². The number of benzene rings is 1. The maximum Gasteiger partial charge on any atom is 0.274 e. The highest BCUT2D eigenvalue weighted by atomic mass is 32.1. The Bertz CT molecular complexity index is 1000. The van der Waals surface area contributed by atoms with Crippen molar-refractivity contribution in [2.24, 2.45) is 0 Å². The molecule has 158 valence electrons. The Hall–Kier alpha value is -1.92. The molecule has 2 aromatic heterocycles. The first-order valence-electron chi connectivity index (χ1n) is 10.9. The second-order valence-corrected chi connectivity index (χ2v) is 10.6. The van der Waals surface area contributed by atoms with Gasteiger partial charge in [0.2, 0.25) is 5.91 Å². The third kappa shape index (κ3) is 3.44. The SMILES string of the molecule is Cc1ccc(C)c2sc(OC3CCN(C(=O)C4(c5cccs5)CCCC4)CC3)nc12. The van der Waals surface area contributed by atoms with E-state index < -0.39 is 0 Å². The van der Waals surface area contributed by atoms with Gasteiger partial charge in [-0.05, 0) is 49.3 Å². The second-order valence-electron chi connectivity index (χ2n) is 8.73. The predicted molar refractivity (Wildman–Crippen MR) is 124 cm³/mol. The summed E-state index contributed by atoms with van der Waals surface area (Å²) in [5.74, 6) is 0.340. The van der Waals surface area contributed by atoms with Crippen LogP contribution in [0.15, 0.2) is 29.6 Å². The first kappa shape index (κ1) is 20.0. The summed E-state index contributed by atoms with van der Waals surface area (Å²) in [4.78, 5) is 21.7. The van der Waals surface area contributed by atoms with Crippen LogP contribution in [0, 0.1) is 13.8 Å². The summed E-state index contributed by atoms with van der Waals surface area (Å²) >= 11 is 3.38. The molecule has 5 rings (SSSR count). The minimum absolute atomic E-state index is 0.136. The number of aromatic nitrogens is 1. The summed E-state index contributed by atoms with van der Waals surface area (Å²) in [5.41, 5.74) is 3.22. The molecule has 1 amide bonds. The number of carbonyl (C=O) groups is 1. The summed E-state index contributed by atoms with van der Waals surface area (Å²) in [7, 11) is 0. The molecule has 0 bridgehead atoms. The van der Waals surface area contributed by atoms with Crippen molar-refractivity contribution >= 4 is 38.8 Å². The van der Waals surface area contributed by atoms with Gasteiger partial charge in [0, 0.05) is 30.8 Å². The molecule has 1 aromatic carbocycles. The molecule has 0 unspecified atom stereocenters. The number of hydrogen-bond acceptors (Lipinski definition) is 5. The molecule has 1 saturated heterocycles. The minimum atomic E-state index is -0.274. The molecule has 6 heteroatoms. The highest BCUT2D eigenvalue weighted by Gasteiger charge is 2.46. The molecule has 0 atom stereocenters. The molecule has 1 aliphatic heterocycles. The number of piperidine rings is 1. The van der Waals surface area contributed by atoms with E-state index in [4.69, 9.17) is 9.72 Å². The highest BCUT2D eigenvalue weighted by molar-refractivity contribution is 7.20. The summed E-state index contributed by atoms with van der Waals surface area (Å²) in [6, 6.07) is 8.50. The van der Waals surface area contributed by atoms with Gasteiger partial charge in [-0.25, -0.2) is 4.98 Å². The smallest absolute Gasteiger partial charge is 0.274 e. The summed E-state index contributed by atoms with van der Waals surface area (Å²) in [5, 5.41) is 2.86. The van der Waals surface area contributed by atoms with Crippen LogP contribution >= 0.6 is 22.7 Å². The largest absolute Gasteiger partial charge is 0.467 e. The molecule has 3 aromatic rings. The van der Waals surface area contributed by atoms with E-state index in [1.165, 1.54) is 20.7 Å². The highest BCUT2D eigenvalue weighted by Crippen LogP contribution is 2.45. The lowest BCUT2D eigenvalue weighted by Gasteiger charge is -2.38. The molecular formula is C24H28N2O2S2. The molecule has 2 aliphatic rings. The monoisotopic (exact) mass is 440 g/mol. The van der Waals surface area contributed by atoms with Gasteiger partial charge in [-0.3, -0.25) is 4.79 Å². The Morgan fingerprint density at radius 1 is 1.13 bits per heavy atom. The fraction of sp³-hybridized carbons (Fsp3) is 0.500. The van der Waals surface area contributed by atoms with Gasteiger partial charge in [0.25, 0.3) is 5.19 Å². The van der Waals surface area contributed by atoms with E-state index in [0.29, 0.717) is 5.91 Å². The maximum absolute atomic E-state index is 13.6. The molecule has 2 fully saturated rings. The number of amides is 1. The lowest BCUT2D eigenvalue weighted by Crippen LogP contribution is -2.49. The molecule has 0 radical (unpaired) electrons. The number of nitrogens with zero attached hydrogens (tertiary/aromatic N) is 2. The van der Waals surface area contributed by atoms with Crippen LogP contribution < -0.4 is 4.74 Å². The molecule has 0 spiro atoms. The number of likely N-dealkylation sites (tertiary alicyclic amines) is 1. The Kier molecular flexibility index (Phi) is 5.31. The third-order valence-corrected chi connectivity index (χ3v) is 8.93. The number of hydrogen-bond donors (Lipinski definition) is 0. The molecule has 1 aliphatic carbocycles. The van der Waals surface area contributed by atoms with E-state index in [0.717, 1.165) is 62.3 Å². The number of fused-ring (bicyclic) bond motifs is 1. The minimum Gasteiger partial charge on any atom is -0.467 e. The van der Waals surface area contributed by atoms with Crippen LogP contribution in [-0.2, 0) is 10.2 Å². The standard InChI is InChI=1S/C24H28N2O2S2/c1-16-7-8-17(2)21-20(16)25-23(30-21)28-18-9-13-26(14-10-18)22(27)24(11-3-4-12-24)19-6-5-15-29-19/h5-8,15,18H,3-4,9-14H2,1-2H3. The summed E-state index contributed by atoms with van der Waals surface area (Å²) in [6.07, 6.45) is 6.18. The van der Waals surface area contributed by atoms with Gasteiger partial charge in [-0.15, -0.1) is 11.3 Å². The van der Waals surface area contributed by atoms with Crippen LogP contribution in [0.4, 0.5) is 0 Å². The average molecular weight is 441 g/mol. The quantitative estimate of drug-likeness (QED) is 0.510. The zero-order chi connectivity index (χ0) is 20.7. The Morgan fingerprint density at radius 2 is 1.87 bits per heavy atom. The average Bonchev–Trinajstić information content (AvgIpc) is 3.52. The van der Waals surface area contributed by atoms with Gasteiger partial charge in [0.1, 0.15) is 6.10 Å². The molecule has 4 nitrogen and oxygen atoms in total. The fourth-order valence-electron chi connectivity index (χ4n) is 5.01. The van der Waals surface area contributed by atoms with E-state index in [-0.39, 0.29) is 11.5 Å². The van der Waals surface area contributed by atoms with Crippen LogP contribution in [0.2, 0.25) is 0 Å². The lowest BCUT2D eigenvalue weighted by atomic mass is 9.82. The first-order chi connectivity index (χ1) is 14.6. The third-order valence-electron chi connectivity index (χ3n) is 6.78. The zero-order valence-corrected chi connectivity index (χ0v) is 19.3. The molecule has 3 heterocycles. The van der Waals surface area contributed by atoms with Crippen LogP contribution in [-0.4, -0.2) is 35.0 Å². The maximum atomic E-state index is 13.6. The Morgan fingerprint density at radius 3 is 2.53 bits per heavy atom. The summed E-state index contributed by atoms with van der Waals surface area (Å²) < 4.78 is 7.49. The van der Waals surface area contributed by atoms with Crippen molar-refractivity contribution in [1.29, 1.82) is 0 Å². The Balaban J connectivity index is 1.26. The Labute approximate surface area is 185 Å². The van der Waals surface area contributed by atoms with Crippen molar-refractivity contribution in [2.75, 3.05) is 13.1 Å².